The van der Waals surface area contributed by atoms with Crippen LogP contribution < -0.4 is 16.3 Å². The lowest BCUT2D eigenvalue weighted by Gasteiger charge is -2.21. The Hall–Kier alpha value is -2.93. The number of hydrogen-bond donors (Lipinski definition) is 2. The van der Waals surface area contributed by atoms with Crippen molar-refractivity contribution in [2.75, 3.05) is 5.32 Å². The molecule has 0 fully saturated rings. The second-order valence-electron chi connectivity index (χ2n) is 6.17. The fourth-order valence-electron chi connectivity index (χ4n) is 2.52. The van der Waals surface area contributed by atoms with E-state index in [0.717, 1.165) is 0 Å². The number of nitrogens with one attached hydrogen (secondary N) is 2. The molecule has 7 heteroatoms. The summed E-state index contributed by atoms with van der Waals surface area (Å²) in [7, 11) is 0. The molecule has 0 saturated carbocycles. The van der Waals surface area contributed by atoms with Crippen molar-refractivity contribution in [3.8, 4) is 0 Å². The topological polar surface area (TPSA) is 88.4 Å². The fraction of sp³-hybridized carbons (Fsp3) is 0.211. The third kappa shape index (κ3) is 4.00. The molecule has 3 rings (SSSR count). The van der Waals surface area contributed by atoms with Gasteiger partial charge in [0.25, 0.3) is 5.91 Å². The van der Waals surface area contributed by atoms with Gasteiger partial charge in [0, 0.05) is 17.1 Å². The van der Waals surface area contributed by atoms with Crippen LogP contribution in [0.1, 0.15) is 23.5 Å². The van der Waals surface area contributed by atoms with Crippen LogP contribution in [0.25, 0.3) is 11.0 Å². The summed E-state index contributed by atoms with van der Waals surface area (Å²) in [6.07, 6.45) is 0. The SMILES string of the molecule is CC(C)C(NC(=O)c1cccs1)C(=O)Nc1ccc2oc(=O)ccc2c1. The van der Waals surface area contributed by atoms with E-state index in [1.807, 2.05) is 19.2 Å². The number of amides is 2. The smallest absolute Gasteiger partial charge is 0.336 e. The van der Waals surface area contributed by atoms with Crippen molar-refractivity contribution in [3.05, 3.63) is 63.1 Å². The summed E-state index contributed by atoms with van der Waals surface area (Å²) in [6.45, 7) is 3.74. The van der Waals surface area contributed by atoms with Gasteiger partial charge in [-0.15, -0.1) is 11.3 Å². The van der Waals surface area contributed by atoms with Crippen LogP contribution in [0.5, 0.6) is 0 Å². The van der Waals surface area contributed by atoms with Crippen LogP contribution >= 0.6 is 11.3 Å². The van der Waals surface area contributed by atoms with E-state index in [4.69, 9.17) is 4.42 Å². The van der Waals surface area contributed by atoms with Crippen LogP contribution in [0.2, 0.25) is 0 Å². The zero-order valence-corrected chi connectivity index (χ0v) is 15.1. The van der Waals surface area contributed by atoms with Crippen LogP contribution in [0.3, 0.4) is 0 Å². The first kappa shape index (κ1) is 17.9. The van der Waals surface area contributed by atoms with Gasteiger partial charge >= 0.3 is 5.63 Å². The van der Waals surface area contributed by atoms with Crippen molar-refractivity contribution in [2.24, 2.45) is 5.92 Å². The average molecular weight is 370 g/mol. The molecule has 3 aromatic rings. The molecule has 2 amide bonds. The highest BCUT2D eigenvalue weighted by atomic mass is 32.1. The van der Waals surface area contributed by atoms with E-state index >= 15 is 0 Å². The van der Waals surface area contributed by atoms with Gasteiger partial charge < -0.3 is 15.1 Å². The number of anilines is 1. The van der Waals surface area contributed by atoms with Gasteiger partial charge in [-0.1, -0.05) is 19.9 Å². The molecule has 134 valence electrons. The number of hydrogen-bond acceptors (Lipinski definition) is 5. The quantitative estimate of drug-likeness (QED) is 0.675. The molecule has 0 aliphatic heterocycles. The Bertz CT molecular complexity index is 992. The van der Waals surface area contributed by atoms with E-state index < -0.39 is 11.7 Å². The average Bonchev–Trinajstić information content (AvgIpc) is 3.14. The second kappa shape index (κ2) is 7.53. The van der Waals surface area contributed by atoms with Gasteiger partial charge in [-0.3, -0.25) is 9.59 Å². The number of benzene rings is 1. The largest absolute Gasteiger partial charge is 0.423 e. The van der Waals surface area contributed by atoms with E-state index in [2.05, 4.69) is 10.6 Å². The maximum absolute atomic E-state index is 12.7. The highest BCUT2D eigenvalue weighted by Gasteiger charge is 2.25. The number of carbonyl (C=O) groups excluding carboxylic acids is 2. The predicted molar refractivity (Wildman–Crippen MR) is 102 cm³/mol. The molecule has 0 bridgehead atoms. The Labute approximate surface area is 153 Å². The van der Waals surface area contributed by atoms with Crippen molar-refractivity contribution < 1.29 is 14.0 Å². The van der Waals surface area contributed by atoms with Crippen molar-refractivity contribution in [1.29, 1.82) is 0 Å². The normalized spacial score (nSPS) is 12.1. The summed E-state index contributed by atoms with van der Waals surface area (Å²) in [5.41, 5.74) is 0.583. The molecule has 2 aromatic heterocycles. The third-order valence-corrected chi connectivity index (χ3v) is 4.74. The first-order valence-electron chi connectivity index (χ1n) is 8.13. The summed E-state index contributed by atoms with van der Waals surface area (Å²) < 4.78 is 5.08. The first-order chi connectivity index (χ1) is 12.4. The number of fused-ring (bicyclic) bond motifs is 1. The predicted octanol–water partition coefficient (Wildman–Crippen LogP) is 3.25. The van der Waals surface area contributed by atoms with Gasteiger partial charge in [-0.2, -0.15) is 0 Å². The minimum absolute atomic E-state index is 0.0857. The molecule has 2 N–H and O–H groups in total. The number of carbonyl (C=O) groups is 2. The number of thiophene rings is 1. The second-order valence-corrected chi connectivity index (χ2v) is 7.12. The molecular weight excluding hydrogens is 352 g/mol. The zero-order valence-electron chi connectivity index (χ0n) is 14.3. The van der Waals surface area contributed by atoms with Crippen molar-refractivity contribution in [2.45, 2.75) is 19.9 Å². The summed E-state index contributed by atoms with van der Waals surface area (Å²) >= 11 is 1.32. The fourth-order valence-corrected chi connectivity index (χ4v) is 3.15. The van der Waals surface area contributed by atoms with Crippen LogP contribution in [0.15, 0.2) is 57.1 Å². The molecule has 1 aromatic carbocycles. The Morgan fingerprint density at radius 1 is 1.12 bits per heavy atom. The standard InChI is InChI=1S/C19H18N2O4S/c1-11(2)17(21-18(23)15-4-3-9-26-15)19(24)20-13-6-7-14-12(10-13)5-8-16(22)25-14/h3-11,17H,1-2H3,(H,20,24)(H,21,23). The first-order valence-corrected chi connectivity index (χ1v) is 9.01. The van der Waals surface area contributed by atoms with E-state index in [0.29, 0.717) is 21.5 Å². The van der Waals surface area contributed by atoms with Gasteiger partial charge in [0.15, 0.2) is 0 Å². The molecule has 0 aliphatic carbocycles. The summed E-state index contributed by atoms with van der Waals surface area (Å²) in [6, 6.07) is 10.8. The summed E-state index contributed by atoms with van der Waals surface area (Å²) in [5.74, 6) is -0.659. The Morgan fingerprint density at radius 2 is 1.92 bits per heavy atom. The van der Waals surface area contributed by atoms with Gasteiger partial charge in [0.1, 0.15) is 11.6 Å². The lowest BCUT2D eigenvalue weighted by atomic mass is 10.0. The molecular formula is C19H18N2O4S. The maximum Gasteiger partial charge on any atom is 0.336 e. The Morgan fingerprint density at radius 3 is 2.62 bits per heavy atom. The summed E-state index contributed by atoms with van der Waals surface area (Å²) in [5, 5.41) is 8.11. The number of rotatable bonds is 5. The maximum atomic E-state index is 12.7. The molecule has 0 spiro atoms. The molecule has 0 saturated heterocycles. The molecule has 0 aliphatic rings. The summed E-state index contributed by atoms with van der Waals surface area (Å²) in [4.78, 5) is 36.7. The minimum atomic E-state index is -0.672. The Kier molecular flexibility index (Phi) is 5.18. The van der Waals surface area contributed by atoms with Crippen LogP contribution in [0.4, 0.5) is 5.69 Å². The molecule has 26 heavy (non-hydrogen) atoms. The third-order valence-electron chi connectivity index (χ3n) is 3.87. The Balaban J connectivity index is 1.76. The monoisotopic (exact) mass is 370 g/mol. The van der Waals surface area contributed by atoms with Crippen LogP contribution in [0, 0.1) is 5.92 Å². The van der Waals surface area contributed by atoms with E-state index in [1.165, 1.54) is 17.4 Å². The molecule has 6 nitrogen and oxygen atoms in total. The molecule has 0 radical (unpaired) electrons. The molecule has 1 atom stereocenters. The minimum Gasteiger partial charge on any atom is -0.423 e. The molecule has 1 unspecified atom stereocenters. The molecule has 2 heterocycles. The van der Waals surface area contributed by atoms with Crippen LogP contribution in [-0.2, 0) is 4.79 Å². The highest BCUT2D eigenvalue weighted by molar-refractivity contribution is 7.12. The van der Waals surface area contributed by atoms with Crippen LogP contribution in [-0.4, -0.2) is 17.9 Å². The van der Waals surface area contributed by atoms with E-state index in [9.17, 15) is 14.4 Å². The zero-order chi connectivity index (χ0) is 18.7. The van der Waals surface area contributed by atoms with Gasteiger partial charge in [-0.25, -0.2) is 4.79 Å². The lowest BCUT2D eigenvalue weighted by Crippen LogP contribution is -2.46. The highest BCUT2D eigenvalue weighted by Crippen LogP contribution is 2.18. The lowest BCUT2D eigenvalue weighted by molar-refractivity contribution is -0.118. The van der Waals surface area contributed by atoms with E-state index in [-0.39, 0.29) is 17.7 Å². The van der Waals surface area contributed by atoms with Crippen molar-refractivity contribution in [1.82, 2.24) is 5.32 Å². The van der Waals surface area contributed by atoms with Gasteiger partial charge in [0.05, 0.1) is 4.88 Å². The van der Waals surface area contributed by atoms with Gasteiger partial charge in [-0.05, 0) is 41.6 Å². The van der Waals surface area contributed by atoms with E-state index in [1.54, 1.807) is 36.4 Å². The van der Waals surface area contributed by atoms with Crippen molar-refractivity contribution in [3.63, 3.8) is 0 Å². The van der Waals surface area contributed by atoms with Gasteiger partial charge in [0.2, 0.25) is 5.91 Å². The van der Waals surface area contributed by atoms with Crippen molar-refractivity contribution >= 4 is 39.8 Å².